The number of sulfonamides is 1. The lowest BCUT2D eigenvalue weighted by Gasteiger charge is -2.32. The van der Waals surface area contributed by atoms with Crippen molar-refractivity contribution in [2.75, 3.05) is 20.1 Å². The van der Waals surface area contributed by atoms with Crippen LogP contribution in [0.3, 0.4) is 0 Å². The van der Waals surface area contributed by atoms with E-state index in [1.807, 2.05) is 25.6 Å². The summed E-state index contributed by atoms with van der Waals surface area (Å²) >= 11 is 0. The normalized spacial score (nSPS) is 16.1. The predicted octanol–water partition coefficient (Wildman–Crippen LogP) is 2.58. The van der Waals surface area contributed by atoms with Crippen molar-refractivity contribution in [3.63, 3.8) is 0 Å². The van der Waals surface area contributed by atoms with Crippen LogP contribution in [0.15, 0.2) is 35.2 Å². The summed E-state index contributed by atoms with van der Waals surface area (Å²) in [5.74, 6) is -0.0751. The first-order valence-electron chi connectivity index (χ1n) is 10.1. The third-order valence-electron chi connectivity index (χ3n) is 5.79. The quantitative estimate of drug-likeness (QED) is 0.723. The number of carbonyl (C=O) groups is 1. The molecule has 0 radical (unpaired) electrons. The largest absolute Gasteiger partial charge is 0.341 e. The van der Waals surface area contributed by atoms with E-state index >= 15 is 0 Å². The van der Waals surface area contributed by atoms with Crippen molar-refractivity contribution in [2.45, 2.75) is 51.6 Å². The average Bonchev–Trinajstić information content (AvgIpc) is 3.01. The predicted molar refractivity (Wildman–Crippen MR) is 112 cm³/mol. The fourth-order valence-electron chi connectivity index (χ4n) is 3.98. The lowest BCUT2D eigenvalue weighted by Crippen LogP contribution is -2.43. The number of hydrogen-bond donors (Lipinski definition) is 0. The zero-order chi connectivity index (χ0) is 21.2. The third kappa shape index (κ3) is 4.38. The van der Waals surface area contributed by atoms with Crippen LogP contribution >= 0.6 is 0 Å². The van der Waals surface area contributed by atoms with Crippen LogP contribution in [0, 0.1) is 19.8 Å². The summed E-state index contributed by atoms with van der Waals surface area (Å²) in [6.45, 7) is 8.12. The topological polar surface area (TPSA) is 75.5 Å². The Balaban J connectivity index is 1.62. The summed E-state index contributed by atoms with van der Waals surface area (Å²) in [7, 11) is -1.68. The van der Waals surface area contributed by atoms with Gasteiger partial charge in [0, 0.05) is 50.4 Å². The van der Waals surface area contributed by atoms with Crippen LogP contribution in [-0.2, 0) is 27.9 Å². The van der Waals surface area contributed by atoms with Gasteiger partial charge < -0.3 is 4.90 Å². The van der Waals surface area contributed by atoms with Gasteiger partial charge in [-0.25, -0.2) is 8.42 Å². The number of rotatable bonds is 6. The molecular weight excluding hydrogens is 388 g/mol. The summed E-state index contributed by atoms with van der Waals surface area (Å²) in [6, 6.07) is 8.47. The highest BCUT2D eigenvalue weighted by Gasteiger charge is 2.33. The lowest BCUT2D eigenvalue weighted by molar-refractivity contribution is -0.135. The van der Waals surface area contributed by atoms with Crippen LogP contribution in [0.4, 0.5) is 0 Å². The van der Waals surface area contributed by atoms with Crippen LogP contribution in [-0.4, -0.2) is 53.4 Å². The van der Waals surface area contributed by atoms with Gasteiger partial charge in [0.1, 0.15) is 0 Å². The molecule has 0 aliphatic carbocycles. The number of piperidine rings is 1. The van der Waals surface area contributed by atoms with Crippen molar-refractivity contribution < 1.29 is 13.2 Å². The molecule has 0 bridgehead atoms. The van der Waals surface area contributed by atoms with E-state index in [9.17, 15) is 13.2 Å². The number of hydrogen-bond acceptors (Lipinski definition) is 4. The van der Waals surface area contributed by atoms with Gasteiger partial charge in [0.05, 0.1) is 10.6 Å². The number of benzene rings is 1. The molecule has 1 fully saturated rings. The summed E-state index contributed by atoms with van der Waals surface area (Å²) in [4.78, 5) is 15.0. The van der Waals surface area contributed by atoms with E-state index in [0.717, 1.165) is 23.5 Å². The van der Waals surface area contributed by atoms with E-state index in [0.29, 0.717) is 37.4 Å². The van der Waals surface area contributed by atoms with Gasteiger partial charge in [-0.15, -0.1) is 0 Å². The van der Waals surface area contributed by atoms with Crippen LogP contribution in [0.25, 0.3) is 0 Å². The van der Waals surface area contributed by atoms with Gasteiger partial charge in [-0.3, -0.25) is 9.48 Å². The Hall–Kier alpha value is -2.19. The van der Waals surface area contributed by atoms with Crippen molar-refractivity contribution in [2.24, 2.45) is 5.92 Å². The van der Waals surface area contributed by atoms with E-state index in [1.54, 1.807) is 35.2 Å². The van der Waals surface area contributed by atoms with Gasteiger partial charge in [0.25, 0.3) is 0 Å². The Morgan fingerprint density at radius 2 is 1.79 bits per heavy atom. The minimum atomic E-state index is -3.49. The second kappa shape index (κ2) is 8.67. The molecule has 0 N–H and O–H groups in total. The highest BCUT2D eigenvalue weighted by Crippen LogP contribution is 2.25. The summed E-state index contributed by atoms with van der Waals surface area (Å²) in [5, 5.41) is 4.52. The zero-order valence-electron chi connectivity index (χ0n) is 17.6. The molecule has 29 heavy (non-hydrogen) atoms. The highest BCUT2D eigenvalue weighted by atomic mass is 32.2. The molecule has 0 saturated carbocycles. The van der Waals surface area contributed by atoms with Crippen molar-refractivity contribution in [3.8, 4) is 0 Å². The fourth-order valence-corrected chi connectivity index (χ4v) is 5.47. The van der Waals surface area contributed by atoms with Crippen molar-refractivity contribution in [1.82, 2.24) is 19.0 Å². The molecule has 1 aliphatic heterocycles. The maximum atomic E-state index is 13.0. The van der Waals surface area contributed by atoms with E-state index in [-0.39, 0.29) is 11.8 Å². The molecule has 3 rings (SSSR count). The maximum absolute atomic E-state index is 13.0. The average molecular weight is 419 g/mol. The fraction of sp³-hybridized carbons (Fsp3) is 0.524. The number of aromatic nitrogens is 2. The SMILES string of the molecule is CCn1nc(C)c(CN(C)C(=O)C2CCN(S(=O)(=O)c3ccccc3)CC2)c1C. The molecular formula is C21H30N4O3S. The van der Waals surface area contributed by atoms with E-state index in [4.69, 9.17) is 0 Å². The Morgan fingerprint density at radius 3 is 2.34 bits per heavy atom. The highest BCUT2D eigenvalue weighted by molar-refractivity contribution is 7.89. The maximum Gasteiger partial charge on any atom is 0.243 e. The second-order valence-corrected chi connectivity index (χ2v) is 9.59. The van der Waals surface area contributed by atoms with Gasteiger partial charge in [0.2, 0.25) is 15.9 Å². The molecule has 2 heterocycles. The van der Waals surface area contributed by atoms with Gasteiger partial charge in [-0.05, 0) is 45.7 Å². The van der Waals surface area contributed by atoms with Crippen LogP contribution in [0.1, 0.15) is 36.7 Å². The zero-order valence-corrected chi connectivity index (χ0v) is 18.4. The first-order valence-corrected chi connectivity index (χ1v) is 11.5. The van der Waals surface area contributed by atoms with Crippen molar-refractivity contribution in [3.05, 3.63) is 47.3 Å². The number of carbonyl (C=O) groups excluding carboxylic acids is 1. The smallest absolute Gasteiger partial charge is 0.243 e. The standard InChI is InChI=1S/C21H30N4O3S/c1-5-25-17(3)20(16(2)22-25)15-23(4)21(26)18-11-13-24(14-12-18)29(27,28)19-9-7-6-8-10-19/h6-10,18H,5,11-15H2,1-4H3. The molecule has 1 amide bonds. The molecule has 2 aromatic rings. The summed E-state index contributed by atoms with van der Waals surface area (Å²) in [5.41, 5.74) is 3.13. The van der Waals surface area contributed by atoms with Crippen LogP contribution in [0.5, 0.6) is 0 Å². The van der Waals surface area contributed by atoms with E-state index in [2.05, 4.69) is 12.0 Å². The Labute approximate surface area is 173 Å². The monoisotopic (exact) mass is 418 g/mol. The molecule has 8 heteroatoms. The van der Waals surface area contributed by atoms with Crippen LogP contribution in [0.2, 0.25) is 0 Å². The number of aryl methyl sites for hydroxylation is 2. The van der Waals surface area contributed by atoms with Crippen LogP contribution < -0.4 is 0 Å². The van der Waals surface area contributed by atoms with Gasteiger partial charge in [0.15, 0.2) is 0 Å². The molecule has 1 aliphatic rings. The summed E-state index contributed by atoms with van der Waals surface area (Å²) in [6.07, 6.45) is 1.09. The second-order valence-electron chi connectivity index (χ2n) is 7.65. The molecule has 1 saturated heterocycles. The number of amides is 1. The molecule has 158 valence electrons. The van der Waals surface area contributed by atoms with E-state index < -0.39 is 10.0 Å². The van der Waals surface area contributed by atoms with Crippen molar-refractivity contribution in [1.29, 1.82) is 0 Å². The molecule has 1 aromatic carbocycles. The molecule has 0 unspecified atom stereocenters. The minimum absolute atomic E-state index is 0.0739. The Kier molecular flexibility index (Phi) is 6.43. The van der Waals surface area contributed by atoms with Gasteiger partial charge >= 0.3 is 0 Å². The molecule has 7 nitrogen and oxygen atoms in total. The van der Waals surface area contributed by atoms with Gasteiger partial charge in [-0.2, -0.15) is 9.40 Å². The van der Waals surface area contributed by atoms with Gasteiger partial charge in [-0.1, -0.05) is 18.2 Å². The lowest BCUT2D eigenvalue weighted by atomic mass is 9.96. The van der Waals surface area contributed by atoms with Crippen molar-refractivity contribution >= 4 is 15.9 Å². The molecule has 0 atom stereocenters. The first kappa shape index (κ1) is 21.5. The van der Waals surface area contributed by atoms with E-state index in [1.165, 1.54) is 4.31 Å². The number of nitrogens with zero attached hydrogens (tertiary/aromatic N) is 4. The minimum Gasteiger partial charge on any atom is -0.341 e. The summed E-state index contributed by atoms with van der Waals surface area (Å²) < 4.78 is 29.0. The third-order valence-corrected chi connectivity index (χ3v) is 7.70. The Morgan fingerprint density at radius 1 is 1.17 bits per heavy atom. The Bertz CT molecular complexity index is 961. The first-order chi connectivity index (χ1) is 13.8. The molecule has 0 spiro atoms. The molecule has 1 aromatic heterocycles.